The van der Waals surface area contributed by atoms with Gasteiger partial charge in [-0.15, -0.1) is 0 Å². The highest BCUT2D eigenvalue weighted by molar-refractivity contribution is 7.85. The second-order valence-electron chi connectivity index (χ2n) is 10.4. The van der Waals surface area contributed by atoms with E-state index < -0.39 is 16.1 Å². The normalized spacial score (nSPS) is 13.0. The van der Waals surface area contributed by atoms with Crippen molar-refractivity contribution in [3.05, 3.63) is 59.4 Å². The number of likely N-dealkylation sites (N-methyl/N-ethyl adjacent to an activating group) is 1. The third-order valence-corrected chi connectivity index (χ3v) is 8.85. The summed E-state index contributed by atoms with van der Waals surface area (Å²) in [6.07, 6.45) is 2.53. The van der Waals surface area contributed by atoms with Crippen molar-refractivity contribution in [3.8, 4) is 11.5 Å². The van der Waals surface area contributed by atoms with Gasteiger partial charge in [0.15, 0.2) is 0 Å². The first kappa shape index (κ1) is 39.1. The molecule has 1 aromatic heterocycles. The van der Waals surface area contributed by atoms with Crippen LogP contribution >= 0.6 is 23.2 Å². The molecule has 3 amide bonds. The molecule has 49 heavy (non-hydrogen) atoms. The van der Waals surface area contributed by atoms with Gasteiger partial charge >= 0.3 is 6.03 Å². The fourth-order valence-corrected chi connectivity index (χ4v) is 5.07. The smallest absolute Gasteiger partial charge is 0.327 e. The van der Waals surface area contributed by atoms with Crippen LogP contribution in [0.15, 0.2) is 49.3 Å². The first-order valence-corrected chi connectivity index (χ1v) is 17.3. The summed E-state index contributed by atoms with van der Waals surface area (Å²) in [7, 11) is 0.752. The van der Waals surface area contributed by atoms with Gasteiger partial charge < -0.3 is 35.2 Å². The Hall–Kier alpha value is -4.35. The average molecular weight is 740 g/mol. The summed E-state index contributed by atoms with van der Waals surface area (Å²) >= 11 is 12.8. The number of carbonyl (C=O) groups excluding carboxylic acids is 2. The maximum atomic E-state index is 13.2. The Labute approximate surface area is 295 Å². The average Bonchev–Trinajstić information content (AvgIpc) is 3.10. The molecule has 3 aromatic rings. The summed E-state index contributed by atoms with van der Waals surface area (Å²) in [5.74, 6) is 0.683. The molecule has 0 bridgehead atoms. The van der Waals surface area contributed by atoms with Gasteiger partial charge in [0.25, 0.3) is 10.1 Å². The van der Waals surface area contributed by atoms with E-state index in [1.54, 1.807) is 6.07 Å². The highest BCUT2D eigenvalue weighted by Gasteiger charge is 2.22. The Kier molecular flexibility index (Phi) is 14.3. The highest BCUT2D eigenvalue weighted by Crippen LogP contribution is 2.44. The first-order chi connectivity index (χ1) is 23.2. The molecule has 266 valence electrons. The van der Waals surface area contributed by atoms with Crippen LogP contribution in [-0.2, 0) is 14.9 Å². The Morgan fingerprint density at radius 1 is 1.00 bits per heavy atom. The first-order valence-electron chi connectivity index (χ1n) is 15.0. The molecule has 2 aromatic carbocycles. The molecule has 0 saturated carbocycles. The molecule has 1 saturated heterocycles. The maximum Gasteiger partial charge on any atom is 0.327 e. The third-order valence-electron chi connectivity index (χ3n) is 7.37. The number of urea groups is 1. The predicted octanol–water partition coefficient (Wildman–Crippen LogP) is 5.37. The van der Waals surface area contributed by atoms with E-state index in [9.17, 15) is 18.0 Å². The quantitative estimate of drug-likeness (QED) is 0.146. The number of nitrogens with zero attached hydrogens (tertiary/aromatic N) is 5. The van der Waals surface area contributed by atoms with Crippen LogP contribution < -0.4 is 35.2 Å². The summed E-state index contributed by atoms with van der Waals surface area (Å²) in [5, 5.41) is 9.02. The highest BCUT2D eigenvalue weighted by atomic mass is 35.5. The number of hydrogen-bond donors (Lipinski definition) is 4. The van der Waals surface area contributed by atoms with E-state index in [2.05, 4.69) is 49.2 Å². The predicted molar refractivity (Wildman–Crippen MR) is 194 cm³/mol. The lowest BCUT2D eigenvalue weighted by atomic mass is 10.2. The molecule has 1 aliphatic heterocycles. The van der Waals surface area contributed by atoms with E-state index in [0.29, 0.717) is 17.2 Å². The number of anilines is 6. The molecular weight excluding hydrogens is 699 g/mol. The van der Waals surface area contributed by atoms with Gasteiger partial charge in [-0.25, -0.2) is 14.8 Å². The number of ether oxygens (including phenoxy) is 2. The Bertz CT molecular complexity index is 1730. The number of piperazine rings is 1. The van der Waals surface area contributed by atoms with Gasteiger partial charge in [0, 0.05) is 51.0 Å². The topological polar surface area (TPSA) is 179 Å². The monoisotopic (exact) mass is 738 g/mol. The fourth-order valence-electron chi connectivity index (χ4n) is 4.47. The molecule has 4 N–H and O–H groups in total. The molecule has 0 spiro atoms. The largest absolute Gasteiger partial charge is 0.495 e. The van der Waals surface area contributed by atoms with Gasteiger partial charge in [-0.3, -0.25) is 14.2 Å². The van der Waals surface area contributed by atoms with E-state index in [1.165, 1.54) is 51.6 Å². The Morgan fingerprint density at radius 2 is 1.61 bits per heavy atom. The lowest BCUT2D eigenvalue weighted by Crippen LogP contribution is -2.46. The van der Waals surface area contributed by atoms with Gasteiger partial charge in [0.2, 0.25) is 5.91 Å². The molecule has 4 rings (SSSR count). The molecule has 0 radical (unpaired) electrons. The zero-order chi connectivity index (χ0) is 36.3. The van der Waals surface area contributed by atoms with Crippen molar-refractivity contribution in [1.82, 2.24) is 14.9 Å². The minimum Gasteiger partial charge on any atom is -0.495 e. The maximum absolute atomic E-state index is 13.2. The van der Waals surface area contributed by atoms with Crippen LogP contribution in [0.4, 0.5) is 39.2 Å². The zero-order valence-electron chi connectivity index (χ0n) is 27.8. The number of halogens is 2. The third kappa shape index (κ3) is 10.8. The molecule has 18 heteroatoms. The summed E-state index contributed by atoms with van der Waals surface area (Å²) in [6, 6.07) is 8.32. The van der Waals surface area contributed by atoms with Crippen LogP contribution in [-0.4, -0.2) is 99.5 Å². The second kappa shape index (κ2) is 17.9. The molecule has 0 aliphatic carbocycles. The lowest BCUT2D eigenvalue weighted by Gasteiger charge is -2.35. The molecular formula is C31H40Cl2N8O7S. The van der Waals surface area contributed by atoms with Crippen molar-refractivity contribution >= 4 is 79.6 Å². The summed E-state index contributed by atoms with van der Waals surface area (Å²) in [4.78, 5) is 39.9. The van der Waals surface area contributed by atoms with E-state index in [-0.39, 0.29) is 44.7 Å². The van der Waals surface area contributed by atoms with Crippen molar-refractivity contribution < 1.29 is 32.0 Å². The van der Waals surface area contributed by atoms with Crippen LogP contribution in [0.5, 0.6) is 11.5 Å². The van der Waals surface area contributed by atoms with Crippen LogP contribution in [0, 0.1) is 0 Å². The summed E-state index contributed by atoms with van der Waals surface area (Å²) < 4.78 is 37.5. The summed E-state index contributed by atoms with van der Waals surface area (Å²) in [5.41, 5.74) is 2.28. The molecule has 0 unspecified atom stereocenters. The Morgan fingerprint density at radius 3 is 2.14 bits per heavy atom. The molecule has 1 fully saturated rings. The van der Waals surface area contributed by atoms with Gasteiger partial charge in [0.1, 0.15) is 39.5 Å². The van der Waals surface area contributed by atoms with E-state index in [0.717, 1.165) is 38.4 Å². The molecule has 15 nitrogen and oxygen atoms in total. The molecule has 2 heterocycles. The van der Waals surface area contributed by atoms with Crippen LogP contribution in [0.25, 0.3) is 0 Å². The van der Waals surface area contributed by atoms with Gasteiger partial charge in [-0.1, -0.05) is 36.7 Å². The number of benzene rings is 2. The number of methoxy groups -OCH3 is 2. The summed E-state index contributed by atoms with van der Waals surface area (Å²) in [6.45, 7) is 11.8. The van der Waals surface area contributed by atoms with Crippen LogP contribution in [0.1, 0.15) is 13.8 Å². The van der Waals surface area contributed by atoms with Gasteiger partial charge in [0.05, 0.1) is 37.0 Å². The number of amides is 3. The van der Waals surface area contributed by atoms with Gasteiger partial charge in [-0.05, 0) is 37.7 Å². The van der Waals surface area contributed by atoms with Crippen LogP contribution in [0.2, 0.25) is 10.0 Å². The minimum absolute atomic E-state index is 0.116. The number of rotatable bonds is 11. The van der Waals surface area contributed by atoms with Crippen molar-refractivity contribution in [2.45, 2.75) is 13.8 Å². The van der Waals surface area contributed by atoms with Gasteiger partial charge in [-0.2, -0.15) is 8.42 Å². The second-order valence-corrected chi connectivity index (χ2v) is 12.9. The molecule has 1 aliphatic rings. The minimum atomic E-state index is -3.66. The molecule has 0 atom stereocenters. The van der Waals surface area contributed by atoms with Crippen molar-refractivity contribution in [2.75, 3.05) is 85.5 Å². The Balaban J connectivity index is 0.000000992. The standard InChI is InChI=1S/C29H34Cl2N8O4.C2H6O3S/c1-6-25(40)35-20-14-18(39-12-10-38(7-2)11-13-39)8-9-19(20)34-23-16-24(33-17-32-23)37(3)29(41)36-28-26(30)21(42-4)15-22(43-5)27(28)31;1-2-6(3,4)5/h6,8-9,14-17H,1,7,10-13H2,2-5H3,(H,35,40)(H,36,41)(H,32,33,34);2H2,1H3,(H,3,4,5). The number of hydrogen-bond acceptors (Lipinski definition) is 11. The fraction of sp³-hybridized carbons (Fsp3) is 0.355. The number of aromatic nitrogens is 2. The van der Waals surface area contributed by atoms with Crippen molar-refractivity contribution in [3.63, 3.8) is 0 Å². The van der Waals surface area contributed by atoms with Crippen LogP contribution in [0.3, 0.4) is 0 Å². The number of carbonyl (C=O) groups is 2. The van der Waals surface area contributed by atoms with E-state index in [4.69, 9.17) is 37.2 Å². The SMILES string of the molecule is C=CC(=O)Nc1cc(N2CCN(CC)CC2)ccc1Nc1cc(N(C)C(=O)Nc2c(Cl)c(OC)cc(OC)c2Cl)ncn1.CCS(=O)(=O)O. The lowest BCUT2D eigenvalue weighted by molar-refractivity contribution is -0.111. The van der Waals surface area contributed by atoms with Crippen molar-refractivity contribution in [1.29, 1.82) is 0 Å². The number of nitrogens with one attached hydrogen (secondary N) is 3. The van der Waals surface area contributed by atoms with E-state index >= 15 is 0 Å². The zero-order valence-corrected chi connectivity index (χ0v) is 30.1. The van der Waals surface area contributed by atoms with E-state index in [1.807, 2.05) is 18.2 Å². The van der Waals surface area contributed by atoms with Crippen molar-refractivity contribution in [2.24, 2.45) is 0 Å².